The van der Waals surface area contributed by atoms with Crippen molar-refractivity contribution in [2.75, 3.05) is 27.3 Å². The number of nitrogens with zero attached hydrogens (tertiary/aromatic N) is 1. The van der Waals surface area contributed by atoms with Crippen LogP contribution in [0.15, 0.2) is 18.2 Å². The number of phenols is 1. The van der Waals surface area contributed by atoms with Crippen LogP contribution in [0.25, 0.3) is 0 Å². The number of hydrogen-bond acceptors (Lipinski definition) is 4. The maximum atomic E-state index is 12.1. The number of ether oxygens (including phenoxy) is 2. The molecule has 1 aromatic rings. The summed E-state index contributed by atoms with van der Waals surface area (Å²) < 4.78 is 10.4. The van der Waals surface area contributed by atoms with Crippen molar-refractivity contribution >= 4 is 5.91 Å². The number of methoxy groups -OCH3 is 1. The lowest BCUT2D eigenvalue weighted by atomic mass is 10.1. The molecule has 0 aliphatic heterocycles. The van der Waals surface area contributed by atoms with Crippen LogP contribution in [0.5, 0.6) is 11.5 Å². The molecule has 0 spiro atoms. The van der Waals surface area contributed by atoms with Crippen LogP contribution in [0.4, 0.5) is 0 Å². The quantitative estimate of drug-likeness (QED) is 0.855. The first-order chi connectivity index (χ1) is 8.95. The first-order valence-corrected chi connectivity index (χ1v) is 6.19. The fraction of sp³-hybridized carbons (Fsp3) is 0.500. The van der Waals surface area contributed by atoms with Gasteiger partial charge in [0.1, 0.15) is 11.5 Å². The van der Waals surface area contributed by atoms with Crippen LogP contribution >= 0.6 is 0 Å². The zero-order valence-corrected chi connectivity index (χ0v) is 11.8. The number of carbonyl (C=O) groups excluding carboxylic acids is 1. The number of phenolic OH excluding ortho intramolecular Hbond substituents is 1. The molecule has 1 amide bonds. The number of aromatic hydroxyl groups is 1. The van der Waals surface area contributed by atoms with Gasteiger partial charge in [0, 0.05) is 19.7 Å². The molecule has 0 saturated carbocycles. The molecule has 0 aliphatic rings. The van der Waals surface area contributed by atoms with Crippen LogP contribution in [0.3, 0.4) is 0 Å². The Morgan fingerprint density at radius 1 is 1.42 bits per heavy atom. The molecule has 0 saturated heterocycles. The summed E-state index contributed by atoms with van der Waals surface area (Å²) in [5.41, 5.74) is 0.257. The topological polar surface area (TPSA) is 59.0 Å². The zero-order valence-electron chi connectivity index (χ0n) is 11.8. The van der Waals surface area contributed by atoms with Gasteiger partial charge in [0.05, 0.1) is 25.4 Å². The third-order valence-electron chi connectivity index (χ3n) is 2.66. The lowest BCUT2D eigenvalue weighted by Gasteiger charge is -2.18. The minimum Gasteiger partial charge on any atom is -0.507 e. The Balaban J connectivity index is 2.66. The molecule has 0 aliphatic carbocycles. The number of amides is 1. The second kappa shape index (κ2) is 6.99. The van der Waals surface area contributed by atoms with Gasteiger partial charge in [-0.1, -0.05) is 0 Å². The molecule has 5 nitrogen and oxygen atoms in total. The van der Waals surface area contributed by atoms with E-state index in [1.54, 1.807) is 19.2 Å². The predicted octanol–water partition coefficient (Wildman–Crippen LogP) is 1.90. The summed E-state index contributed by atoms with van der Waals surface area (Å²) in [6.07, 6.45) is 0.137. The molecule has 1 N–H and O–H groups in total. The molecule has 19 heavy (non-hydrogen) atoms. The van der Waals surface area contributed by atoms with Crippen LogP contribution in [0.1, 0.15) is 24.2 Å². The van der Waals surface area contributed by atoms with Crippen molar-refractivity contribution in [1.82, 2.24) is 4.90 Å². The molecule has 1 rings (SSSR count). The number of rotatable bonds is 6. The highest BCUT2D eigenvalue weighted by atomic mass is 16.5. The van der Waals surface area contributed by atoms with Crippen molar-refractivity contribution in [3.05, 3.63) is 23.8 Å². The van der Waals surface area contributed by atoms with Gasteiger partial charge in [0.15, 0.2) is 0 Å². The molecule has 0 bridgehead atoms. The van der Waals surface area contributed by atoms with E-state index in [0.717, 1.165) is 0 Å². The van der Waals surface area contributed by atoms with Gasteiger partial charge in [-0.2, -0.15) is 0 Å². The molecular formula is C14H21NO4. The van der Waals surface area contributed by atoms with Crippen molar-refractivity contribution in [3.63, 3.8) is 0 Å². The van der Waals surface area contributed by atoms with Crippen molar-refractivity contribution in [3.8, 4) is 11.5 Å². The van der Waals surface area contributed by atoms with Crippen LogP contribution in [0.2, 0.25) is 0 Å². The molecule has 106 valence electrons. The van der Waals surface area contributed by atoms with Gasteiger partial charge in [0.2, 0.25) is 0 Å². The van der Waals surface area contributed by atoms with E-state index in [1.807, 2.05) is 13.8 Å². The van der Waals surface area contributed by atoms with Crippen molar-refractivity contribution < 1.29 is 19.4 Å². The Morgan fingerprint density at radius 3 is 2.63 bits per heavy atom. The Bertz CT molecular complexity index is 431. The maximum absolute atomic E-state index is 12.1. The standard InChI is InChI=1S/C14H21NO4/c1-10(2)19-8-7-15(3)14(17)12-6-5-11(18-4)9-13(12)16/h5-6,9-10,16H,7-8H2,1-4H3. The van der Waals surface area contributed by atoms with Crippen molar-refractivity contribution in [2.45, 2.75) is 20.0 Å². The molecule has 0 heterocycles. The number of likely N-dealkylation sites (N-methyl/N-ethyl adjacent to an activating group) is 1. The van der Waals surface area contributed by atoms with Gasteiger partial charge in [-0.25, -0.2) is 0 Å². The summed E-state index contributed by atoms with van der Waals surface area (Å²) in [4.78, 5) is 13.6. The summed E-state index contributed by atoms with van der Waals surface area (Å²) in [5.74, 6) is 0.188. The molecular weight excluding hydrogens is 246 g/mol. The van der Waals surface area contributed by atoms with Crippen LogP contribution in [-0.2, 0) is 4.74 Å². The highest BCUT2D eigenvalue weighted by molar-refractivity contribution is 5.96. The Hall–Kier alpha value is -1.75. The summed E-state index contributed by atoms with van der Waals surface area (Å²) in [7, 11) is 3.18. The van der Waals surface area contributed by atoms with E-state index >= 15 is 0 Å². The van der Waals surface area contributed by atoms with Gasteiger partial charge < -0.3 is 19.5 Å². The average Bonchev–Trinajstić information content (AvgIpc) is 2.37. The van der Waals surface area contributed by atoms with Crippen LogP contribution in [0, 0.1) is 0 Å². The van der Waals surface area contributed by atoms with Gasteiger partial charge in [-0.15, -0.1) is 0 Å². The fourth-order valence-electron chi connectivity index (χ4n) is 1.55. The third-order valence-corrected chi connectivity index (χ3v) is 2.66. The van der Waals surface area contributed by atoms with E-state index in [-0.39, 0.29) is 23.3 Å². The van der Waals surface area contributed by atoms with Crippen molar-refractivity contribution in [2.24, 2.45) is 0 Å². The largest absolute Gasteiger partial charge is 0.507 e. The van der Waals surface area contributed by atoms with Gasteiger partial charge in [-0.05, 0) is 26.0 Å². The first-order valence-electron chi connectivity index (χ1n) is 6.19. The van der Waals surface area contributed by atoms with Crippen LogP contribution in [-0.4, -0.2) is 49.3 Å². The van der Waals surface area contributed by atoms with E-state index in [9.17, 15) is 9.90 Å². The lowest BCUT2D eigenvalue weighted by Crippen LogP contribution is -2.30. The Kier molecular flexibility index (Phi) is 5.63. The van der Waals surface area contributed by atoms with E-state index in [4.69, 9.17) is 9.47 Å². The Labute approximate surface area is 113 Å². The second-order valence-corrected chi connectivity index (χ2v) is 4.53. The molecule has 0 unspecified atom stereocenters. The molecule has 0 aromatic heterocycles. The SMILES string of the molecule is COc1ccc(C(=O)N(C)CCOC(C)C)c(O)c1. The number of benzene rings is 1. The minimum absolute atomic E-state index is 0.0824. The summed E-state index contributed by atoms with van der Waals surface area (Å²) in [5, 5.41) is 9.80. The minimum atomic E-state index is -0.243. The monoisotopic (exact) mass is 267 g/mol. The summed E-state index contributed by atoms with van der Waals surface area (Å²) in [6.45, 7) is 4.83. The zero-order chi connectivity index (χ0) is 14.4. The highest BCUT2D eigenvalue weighted by Crippen LogP contribution is 2.24. The number of carbonyl (C=O) groups is 1. The smallest absolute Gasteiger partial charge is 0.257 e. The van der Waals surface area contributed by atoms with E-state index in [1.165, 1.54) is 18.1 Å². The molecule has 1 aromatic carbocycles. The van der Waals surface area contributed by atoms with Gasteiger partial charge >= 0.3 is 0 Å². The van der Waals surface area contributed by atoms with Gasteiger partial charge in [-0.3, -0.25) is 4.79 Å². The molecule has 0 atom stereocenters. The predicted molar refractivity (Wildman–Crippen MR) is 72.7 cm³/mol. The Morgan fingerprint density at radius 2 is 2.11 bits per heavy atom. The normalized spacial score (nSPS) is 10.6. The first kappa shape index (κ1) is 15.3. The molecule has 0 radical (unpaired) electrons. The second-order valence-electron chi connectivity index (χ2n) is 4.53. The fourth-order valence-corrected chi connectivity index (χ4v) is 1.55. The summed E-state index contributed by atoms with van der Waals surface area (Å²) in [6, 6.07) is 4.62. The molecule has 5 heteroatoms. The lowest BCUT2D eigenvalue weighted by molar-refractivity contribution is 0.0530. The van der Waals surface area contributed by atoms with Gasteiger partial charge in [0.25, 0.3) is 5.91 Å². The van der Waals surface area contributed by atoms with E-state index in [2.05, 4.69) is 0 Å². The molecule has 0 fully saturated rings. The maximum Gasteiger partial charge on any atom is 0.257 e. The number of hydrogen-bond donors (Lipinski definition) is 1. The summed E-state index contributed by atoms with van der Waals surface area (Å²) >= 11 is 0. The van der Waals surface area contributed by atoms with E-state index in [0.29, 0.717) is 18.9 Å². The average molecular weight is 267 g/mol. The van der Waals surface area contributed by atoms with Crippen molar-refractivity contribution in [1.29, 1.82) is 0 Å². The third kappa shape index (κ3) is 4.44. The van der Waals surface area contributed by atoms with Crippen LogP contribution < -0.4 is 4.74 Å². The highest BCUT2D eigenvalue weighted by Gasteiger charge is 2.16. The van der Waals surface area contributed by atoms with E-state index < -0.39 is 0 Å².